The molecule has 0 aliphatic carbocycles. The standard InChI is InChI=1S/C13H10F2N2S/c14-11-5-1-3-9(12(11)15)10-4-2-6-17-7-8-18-16-13(10)17/h1-6H,7-8H2. The van der Waals surface area contributed by atoms with Gasteiger partial charge in [0.25, 0.3) is 0 Å². The van der Waals surface area contributed by atoms with Gasteiger partial charge in [0.05, 0.1) is 0 Å². The average Bonchev–Trinajstić information content (AvgIpc) is 2.41. The smallest absolute Gasteiger partial charge is 0.166 e. The van der Waals surface area contributed by atoms with E-state index in [9.17, 15) is 8.78 Å². The van der Waals surface area contributed by atoms with E-state index < -0.39 is 11.6 Å². The van der Waals surface area contributed by atoms with E-state index in [2.05, 4.69) is 4.40 Å². The van der Waals surface area contributed by atoms with Crippen LogP contribution >= 0.6 is 11.9 Å². The van der Waals surface area contributed by atoms with Crippen LogP contribution in [0.2, 0.25) is 0 Å². The van der Waals surface area contributed by atoms with Crippen molar-refractivity contribution in [3.63, 3.8) is 0 Å². The Labute approximate surface area is 108 Å². The Morgan fingerprint density at radius 2 is 2.17 bits per heavy atom. The molecule has 0 saturated carbocycles. The number of benzene rings is 1. The van der Waals surface area contributed by atoms with Gasteiger partial charge in [-0.1, -0.05) is 12.1 Å². The number of rotatable bonds is 1. The van der Waals surface area contributed by atoms with Crippen LogP contribution in [0.5, 0.6) is 0 Å². The highest BCUT2D eigenvalue weighted by Crippen LogP contribution is 2.29. The van der Waals surface area contributed by atoms with E-state index in [0.717, 1.165) is 18.4 Å². The number of nitrogens with zero attached hydrogens (tertiary/aromatic N) is 2. The number of fused-ring (bicyclic) bond motifs is 1. The lowest BCUT2D eigenvalue weighted by Crippen LogP contribution is -2.33. The minimum absolute atomic E-state index is 0.255. The third kappa shape index (κ3) is 1.84. The van der Waals surface area contributed by atoms with Crippen molar-refractivity contribution in [2.24, 2.45) is 4.40 Å². The van der Waals surface area contributed by atoms with Crippen LogP contribution in [0.1, 0.15) is 5.56 Å². The monoisotopic (exact) mass is 264 g/mol. The first-order valence-electron chi connectivity index (χ1n) is 5.57. The number of hydrogen-bond acceptors (Lipinski definition) is 3. The summed E-state index contributed by atoms with van der Waals surface area (Å²) in [5.74, 6) is -0.0682. The second-order valence-electron chi connectivity index (χ2n) is 3.96. The van der Waals surface area contributed by atoms with Gasteiger partial charge in [-0.15, -0.1) is 0 Å². The molecule has 2 aliphatic heterocycles. The van der Waals surface area contributed by atoms with Crippen LogP contribution in [0.25, 0.3) is 5.57 Å². The molecule has 3 rings (SSSR count). The van der Waals surface area contributed by atoms with Crippen LogP contribution < -0.4 is 0 Å². The second-order valence-corrected chi connectivity index (χ2v) is 4.81. The molecule has 0 spiro atoms. The zero-order chi connectivity index (χ0) is 12.5. The van der Waals surface area contributed by atoms with E-state index in [0.29, 0.717) is 11.4 Å². The van der Waals surface area contributed by atoms with Gasteiger partial charge in [-0.2, -0.15) is 4.40 Å². The maximum atomic E-state index is 13.8. The summed E-state index contributed by atoms with van der Waals surface area (Å²) in [5.41, 5.74) is 0.882. The quantitative estimate of drug-likeness (QED) is 0.724. The molecule has 0 bridgehead atoms. The summed E-state index contributed by atoms with van der Waals surface area (Å²) in [7, 11) is 0. The van der Waals surface area contributed by atoms with Crippen LogP contribution in [0.4, 0.5) is 8.78 Å². The van der Waals surface area contributed by atoms with E-state index in [4.69, 9.17) is 0 Å². The molecule has 2 heterocycles. The largest absolute Gasteiger partial charge is 0.331 e. The molecule has 2 aliphatic rings. The summed E-state index contributed by atoms with van der Waals surface area (Å²) >= 11 is 1.44. The van der Waals surface area contributed by atoms with Gasteiger partial charge in [0.1, 0.15) is 5.84 Å². The minimum atomic E-state index is -0.835. The van der Waals surface area contributed by atoms with Gasteiger partial charge in [0.2, 0.25) is 0 Å². The number of allylic oxidation sites excluding steroid dienone is 2. The molecule has 0 unspecified atom stereocenters. The molecule has 92 valence electrons. The molecule has 0 N–H and O–H groups in total. The first kappa shape index (κ1) is 11.5. The molecule has 1 aromatic rings. The highest BCUT2D eigenvalue weighted by molar-refractivity contribution is 7.98. The summed E-state index contributed by atoms with van der Waals surface area (Å²) in [4.78, 5) is 1.95. The van der Waals surface area contributed by atoms with Crippen molar-refractivity contribution in [1.29, 1.82) is 0 Å². The Morgan fingerprint density at radius 1 is 1.28 bits per heavy atom. The Hall–Kier alpha value is -1.62. The Morgan fingerprint density at radius 3 is 3.06 bits per heavy atom. The summed E-state index contributed by atoms with van der Waals surface area (Å²) in [6.45, 7) is 0.828. The van der Waals surface area contributed by atoms with E-state index in [-0.39, 0.29) is 5.56 Å². The molecule has 0 fully saturated rings. The molecule has 0 atom stereocenters. The molecule has 0 aromatic heterocycles. The first-order valence-corrected chi connectivity index (χ1v) is 6.51. The number of halogens is 2. The van der Waals surface area contributed by atoms with Crippen LogP contribution in [0.3, 0.4) is 0 Å². The molecule has 0 saturated heterocycles. The second kappa shape index (κ2) is 4.57. The fourth-order valence-corrected chi connectivity index (χ4v) is 2.69. The van der Waals surface area contributed by atoms with Gasteiger partial charge in [-0.3, -0.25) is 0 Å². The third-order valence-corrected chi connectivity index (χ3v) is 3.53. The zero-order valence-electron chi connectivity index (χ0n) is 9.44. The predicted octanol–water partition coefficient (Wildman–Crippen LogP) is 3.24. The minimum Gasteiger partial charge on any atom is -0.331 e. The van der Waals surface area contributed by atoms with Crippen LogP contribution in [-0.4, -0.2) is 23.0 Å². The molecular formula is C13H10F2N2S. The van der Waals surface area contributed by atoms with E-state index in [1.165, 1.54) is 18.0 Å². The maximum absolute atomic E-state index is 13.8. The van der Waals surface area contributed by atoms with Crippen LogP contribution in [0, 0.1) is 11.6 Å². The maximum Gasteiger partial charge on any atom is 0.166 e. The lowest BCUT2D eigenvalue weighted by molar-refractivity contribution is 0.506. The van der Waals surface area contributed by atoms with Crippen molar-refractivity contribution < 1.29 is 8.78 Å². The van der Waals surface area contributed by atoms with E-state index >= 15 is 0 Å². The predicted molar refractivity (Wildman–Crippen MR) is 70.1 cm³/mol. The summed E-state index contributed by atoms with van der Waals surface area (Å²) < 4.78 is 31.4. The van der Waals surface area contributed by atoms with E-state index in [1.807, 2.05) is 17.2 Å². The lowest BCUT2D eigenvalue weighted by Gasteiger charge is -2.29. The normalized spacial score (nSPS) is 18.2. The van der Waals surface area contributed by atoms with Gasteiger partial charge in [-0.25, -0.2) is 8.78 Å². The fourth-order valence-electron chi connectivity index (χ4n) is 1.99. The van der Waals surface area contributed by atoms with Crippen molar-refractivity contribution in [2.45, 2.75) is 0 Å². The van der Waals surface area contributed by atoms with Gasteiger partial charge in [0, 0.05) is 29.6 Å². The van der Waals surface area contributed by atoms with Gasteiger partial charge in [0.15, 0.2) is 11.6 Å². The van der Waals surface area contributed by atoms with Crippen molar-refractivity contribution in [1.82, 2.24) is 4.90 Å². The summed E-state index contributed by atoms with van der Waals surface area (Å²) in [6, 6.07) is 4.20. The molecular weight excluding hydrogens is 254 g/mol. The van der Waals surface area contributed by atoms with Gasteiger partial charge >= 0.3 is 0 Å². The van der Waals surface area contributed by atoms with Crippen molar-refractivity contribution in [3.8, 4) is 0 Å². The molecule has 2 nitrogen and oxygen atoms in total. The molecule has 18 heavy (non-hydrogen) atoms. The number of amidine groups is 1. The highest BCUT2D eigenvalue weighted by Gasteiger charge is 2.24. The van der Waals surface area contributed by atoms with E-state index in [1.54, 1.807) is 12.1 Å². The molecule has 1 aromatic carbocycles. The highest BCUT2D eigenvalue weighted by atomic mass is 32.2. The van der Waals surface area contributed by atoms with Crippen molar-refractivity contribution in [2.75, 3.05) is 12.3 Å². The van der Waals surface area contributed by atoms with Gasteiger partial charge in [-0.05, 0) is 30.2 Å². The Bertz CT molecular complexity index is 578. The Balaban J connectivity index is 2.11. The Kier molecular flexibility index (Phi) is 2.91. The topological polar surface area (TPSA) is 15.6 Å². The fraction of sp³-hybridized carbons (Fsp3) is 0.154. The van der Waals surface area contributed by atoms with Crippen LogP contribution in [0.15, 0.2) is 40.9 Å². The summed E-state index contributed by atoms with van der Waals surface area (Å²) in [6.07, 6.45) is 5.49. The molecule has 0 amide bonds. The SMILES string of the molecule is Fc1cccc(C2=CC=CN3CCSN=C23)c1F. The van der Waals surface area contributed by atoms with Crippen LogP contribution in [-0.2, 0) is 0 Å². The zero-order valence-corrected chi connectivity index (χ0v) is 10.3. The first-order chi connectivity index (χ1) is 8.77. The number of hydrogen-bond donors (Lipinski definition) is 0. The average molecular weight is 264 g/mol. The van der Waals surface area contributed by atoms with Gasteiger partial charge < -0.3 is 4.90 Å². The lowest BCUT2D eigenvalue weighted by atomic mass is 10.0. The third-order valence-electron chi connectivity index (χ3n) is 2.86. The summed E-state index contributed by atoms with van der Waals surface area (Å²) in [5, 5.41) is 0. The van der Waals surface area contributed by atoms with Crippen molar-refractivity contribution >= 4 is 23.4 Å². The molecule has 0 radical (unpaired) electrons. The van der Waals surface area contributed by atoms with Crippen molar-refractivity contribution in [3.05, 3.63) is 53.7 Å². The molecule has 5 heteroatoms.